The average molecular weight is 378 g/mol. The summed E-state index contributed by atoms with van der Waals surface area (Å²) in [6.07, 6.45) is 24.2. The highest BCUT2D eigenvalue weighted by molar-refractivity contribution is 5.81. The molecular weight excluding hydrogens is 334 g/mol. The van der Waals surface area contributed by atoms with Gasteiger partial charge >= 0.3 is 0 Å². The molecule has 0 spiro atoms. The van der Waals surface area contributed by atoms with Crippen LogP contribution in [-0.4, -0.2) is 18.1 Å². The lowest BCUT2D eigenvalue weighted by molar-refractivity contribution is -0.125. The number of ketones is 1. The first-order chi connectivity index (χ1) is 13.2. The summed E-state index contributed by atoms with van der Waals surface area (Å²) in [5, 5.41) is 0. The molecule has 0 bridgehead atoms. The van der Waals surface area contributed by atoms with Crippen LogP contribution in [0.5, 0.6) is 0 Å². The molecule has 156 valence electrons. The van der Waals surface area contributed by atoms with Gasteiger partial charge in [0.05, 0.1) is 0 Å². The molecule has 2 saturated carbocycles. The molecule has 2 N–H and O–H groups in total. The van der Waals surface area contributed by atoms with Gasteiger partial charge in [0.2, 0.25) is 0 Å². The van der Waals surface area contributed by atoms with Crippen molar-refractivity contribution in [2.45, 2.75) is 128 Å². The maximum absolute atomic E-state index is 11.9. The van der Waals surface area contributed by atoms with Gasteiger partial charge in [-0.2, -0.15) is 0 Å². The monoisotopic (exact) mass is 377 g/mol. The fourth-order valence-electron chi connectivity index (χ4n) is 4.65. The zero-order valence-corrected chi connectivity index (χ0v) is 17.6. The van der Waals surface area contributed by atoms with Crippen LogP contribution in [0.4, 0.5) is 0 Å². The van der Waals surface area contributed by atoms with E-state index in [0.29, 0.717) is 12.2 Å². The van der Waals surface area contributed by atoms with Crippen molar-refractivity contribution in [3.8, 4) is 0 Å². The Bertz CT molecular complexity index is 430. The molecule has 2 rings (SSSR count). The van der Waals surface area contributed by atoms with Crippen LogP contribution >= 0.6 is 0 Å². The van der Waals surface area contributed by atoms with Crippen molar-refractivity contribution < 1.29 is 9.59 Å². The summed E-state index contributed by atoms with van der Waals surface area (Å²) in [5.41, 5.74) is 6.12. The van der Waals surface area contributed by atoms with E-state index >= 15 is 0 Å². The average Bonchev–Trinajstić information content (AvgIpc) is 3.45. The summed E-state index contributed by atoms with van der Waals surface area (Å²) < 4.78 is 0. The van der Waals surface area contributed by atoms with Crippen molar-refractivity contribution in [3.05, 3.63) is 0 Å². The Morgan fingerprint density at radius 3 is 1.89 bits per heavy atom. The lowest BCUT2D eigenvalue weighted by atomic mass is 9.82. The molecule has 2 fully saturated rings. The molecular formula is C24H43NO2. The molecule has 27 heavy (non-hydrogen) atoms. The standard InChI is InChI=1S/C24H43NO2/c25-22-14-15-23(27)21(19-22)13-11-9-7-5-3-1-2-4-6-8-10-12-16-24(20-26)17-18-24/h20-22H,1-19,25H2/t21-,22?/m0/s1. The van der Waals surface area contributed by atoms with Gasteiger partial charge in [0.25, 0.3) is 0 Å². The summed E-state index contributed by atoms with van der Waals surface area (Å²) >= 11 is 0. The van der Waals surface area contributed by atoms with Crippen molar-refractivity contribution in [2.75, 3.05) is 0 Å². The van der Waals surface area contributed by atoms with E-state index in [4.69, 9.17) is 5.73 Å². The van der Waals surface area contributed by atoms with E-state index in [1.807, 2.05) is 0 Å². The summed E-state index contributed by atoms with van der Waals surface area (Å²) in [6.45, 7) is 0. The van der Waals surface area contributed by atoms with E-state index in [1.165, 1.54) is 83.3 Å². The minimum absolute atomic E-state index is 0.124. The second-order valence-corrected chi connectivity index (χ2v) is 9.46. The first kappa shape index (κ1) is 22.6. The Labute approximate surface area is 167 Å². The molecule has 0 radical (unpaired) electrons. The summed E-state index contributed by atoms with van der Waals surface area (Å²) in [5.74, 6) is 0.731. The van der Waals surface area contributed by atoms with Crippen molar-refractivity contribution >= 4 is 12.1 Å². The van der Waals surface area contributed by atoms with E-state index in [-0.39, 0.29) is 17.4 Å². The highest BCUT2D eigenvalue weighted by Gasteiger charge is 2.41. The SMILES string of the molecule is NC1CCC(=O)[C@@H](CCCCCCCCCCCCCCC2(C=O)CC2)C1. The zero-order valence-electron chi connectivity index (χ0n) is 17.6. The predicted molar refractivity (Wildman–Crippen MR) is 113 cm³/mol. The largest absolute Gasteiger partial charge is 0.328 e. The predicted octanol–water partition coefficient (Wildman–Crippen LogP) is 6.12. The van der Waals surface area contributed by atoms with E-state index in [0.717, 1.165) is 38.5 Å². The van der Waals surface area contributed by atoms with E-state index < -0.39 is 0 Å². The maximum atomic E-state index is 11.9. The third-order valence-corrected chi connectivity index (χ3v) is 6.92. The van der Waals surface area contributed by atoms with E-state index in [2.05, 4.69) is 0 Å². The van der Waals surface area contributed by atoms with Crippen LogP contribution in [0.3, 0.4) is 0 Å². The third kappa shape index (κ3) is 9.36. The fraction of sp³-hybridized carbons (Fsp3) is 0.917. The van der Waals surface area contributed by atoms with Gasteiger partial charge in [-0.3, -0.25) is 4.79 Å². The van der Waals surface area contributed by atoms with E-state index in [1.54, 1.807) is 0 Å². The number of Topliss-reactive ketones (excluding diaryl/α,β-unsaturated/α-hetero) is 1. The Morgan fingerprint density at radius 1 is 0.852 bits per heavy atom. The van der Waals surface area contributed by atoms with Crippen LogP contribution in [0.15, 0.2) is 0 Å². The minimum Gasteiger partial charge on any atom is -0.328 e. The number of rotatable bonds is 16. The van der Waals surface area contributed by atoms with Crippen LogP contribution < -0.4 is 5.73 Å². The first-order valence-corrected chi connectivity index (χ1v) is 11.9. The molecule has 0 aromatic carbocycles. The second-order valence-electron chi connectivity index (χ2n) is 9.46. The molecule has 0 amide bonds. The zero-order chi connectivity index (χ0) is 19.4. The molecule has 0 aromatic heterocycles. The number of aldehydes is 1. The molecule has 3 nitrogen and oxygen atoms in total. The topological polar surface area (TPSA) is 60.2 Å². The summed E-state index contributed by atoms with van der Waals surface area (Å²) in [6, 6.07) is 0.263. The van der Waals surface area contributed by atoms with Crippen LogP contribution in [0, 0.1) is 11.3 Å². The van der Waals surface area contributed by atoms with Crippen molar-refractivity contribution in [1.82, 2.24) is 0 Å². The maximum Gasteiger partial charge on any atom is 0.136 e. The van der Waals surface area contributed by atoms with Gasteiger partial charge < -0.3 is 10.5 Å². The van der Waals surface area contributed by atoms with Gasteiger partial charge in [-0.05, 0) is 38.5 Å². The van der Waals surface area contributed by atoms with Crippen LogP contribution in [0.1, 0.15) is 122 Å². The number of carbonyl (C=O) groups is 2. The van der Waals surface area contributed by atoms with Gasteiger partial charge in [0.1, 0.15) is 12.1 Å². The van der Waals surface area contributed by atoms with Gasteiger partial charge in [-0.25, -0.2) is 0 Å². The lowest BCUT2D eigenvalue weighted by Gasteiger charge is -2.25. The van der Waals surface area contributed by atoms with Gasteiger partial charge in [-0.15, -0.1) is 0 Å². The molecule has 3 heteroatoms. The highest BCUT2D eigenvalue weighted by Crippen LogP contribution is 2.47. The van der Waals surface area contributed by atoms with Gasteiger partial charge in [0, 0.05) is 23.8 Å². The minimum atomic E-state index is 0.124. The molecule has 1 unspecified atom stereocenters. The summed E-state index contributed by atoms with van der Waals surface area (Å²) in [4.78, 5) is 22.8. The number of carbonyl (C=O) groups excluding carboxylic acids is 2. The van der Waals surface area contributed by atoms with Crippen LogP contribution in [-0.2, 0) is 9.59 Å². The summed E-state index contributed by atoms with van der Waals surface area (Å²) in [7, 11) is 0. The molecule has 0 saturated heterocycles. The third-order valence-electron chi connectivity index (χ3n) is 6.92. The molecule has 2 aliphatic rings. The molecule has 0 aliphatic heterocycles. The van der Waals surface area contributed by atoms with Crippen molar-refractivity contribution in [2.24, 2.45) is 17.1 Å². The highest BCUT2D eigenvalue weighted by atomic mass is 16.1. The molecule has 2 atom stereocenters. The Hall–Kier alpha value is -0.700. The van der Waals surface area contributed by atoms with Gasteiger partial charge in [0.15, 0.2) is 0 Å². The molecule has 0 heterocycles. The van der Waals surface area contributed by atoms with Crippen molar-refractivity contribution in [3.63, 3.8) is 0 Å². The number of nitrogens with two attached hydrogens (primary N) is 1. The first-order valence-electron chi connectivity index (χ1n) is 11.9. The normalized spacial score (nSPS) is 24.1. The second kappa shape index (κ2) is 12.7. The van der Waals surface area contributed by atoms with E-state index in [9.17, 15) is 9.59 Å². The Kier molecular flexibility index (Phi) is 10.6. The number of hydrogen-bond donors (Lipinski definition) is 1. The number of unbranched alkanes of at least 4 members (excludes halogenated alkanes) is 11. The Balaban J connectivity index is 1.28. The molecule has 2 aliphatic carbocycles. The Morgan fingerprint density at radius 2 is 1.37 bits per heavy atom. The quantitative estimate of drug-likeness (QED) is 0.260. The van der Waals surface area contributed by atoms with Crippen molar-refractivity contribution in [1.29, 1.82) is 0 Å². The molecule has 0 aromatic rings. The fourth-order valence-corrected chi connectivity index (χ4v) is 4.65. The smallest absolute Gasteiger partial charge is 0.136 e. The number of hydrogen-bond acceptors (Lipinski definition) is 3. The lowest BCUT2D eigenvalue weighted by Crippen LogP contribution is -2.33. The van der Waals surface area contributed by atoms with Crippen LogP contribution in [0.2, 0.25) is 0 Å². The van der Waals surface area contributed by atoms with Gasteiger partial charge in [-0.1, -0.05) is 77.0 Å². The van der Waals surface area contributed by atoms with Crippen LogP contribution in [0.25, 0.3) is 0 Å².